The van der Waals surface area contributed by atoms with Crippen molar-refractivity contribution in [2.45, 2.75) is 0 Å². The summed E-state index contributed by atoms with van der Waals surface area (Å²) < 4.78 is 5.14. The van der Waals surface area contributed by atoms with Crippen molar-refractivity contribution in [2.24, 2.45) is 0 Å². The van der Waals surface area contributed by atoms with Gasteiger partial charge in [0.05, 0.1) is 0 Å². The highest BCUT2D eigenvalue weighted by atomic mass is 31.1. The molecule has 2 saturated heterocycles. The van der Waals surface area contributed by atoms with E-state index in [0.717, 1.165) is 8.88 Å². The van der Waals surface area contributed by atoms with Crippen molar-refractivity contribution in [3.05, 3.63) is 0 Å². The van der Waals surface area contributed by atoms with Gasteiger partial charge in [-0.2, -0.15) is 0 Å². The summed E-state index contributed by atoms with van der Waals surface area (Å²) in [7, 11) is 0.917. The SMILES string of the molecule is C1CN(PN2CCNCC2)CCN1. The zero-order valence-electron chi connectivity index (χ0n) is 8.05. The van der Waals surface area contributed by atoms with Crippen LogP contribution in [0.1, 0.15) is 0 Å². The van der Waals surface area contributed by atoms with Gasteiger partial charge in [0, 0.05) is 61.2 Å². The molecule has 2 N–H and O–H groups in total. The predicted molar refractivity (Wildman–Crippen MR) is 57.2 cm³/mol. The van der Waals surface area contributed by atoms with Crippen molar-refractivity contribution in [2.75, 3.05) is 52.4 Å². The first-order valence-electron chi connectivity index (χ1n) is 5.13. The third kappa shape index (κ3) is 3.15. The summed E-state index contributed by atoms with van der Waals surface area (Å²) in [5.41, 5.74) is 0. The third-order valence-electron chi connectivity index (χ3n) is 2.52. The minimum absolute atomic E-state index is 0.917. The molecule has 0 aromatic rings. The standard InChI is InChI=1S/C8H19N4P/c1-5-11(6-2-9-1)13-12-7-3-10-4-8-12/h9-10,13H,1-8H2. The Hall–Kier alpha value is 0.270. The average molecular weight is 202 g/mol. The molecule has 4 nitrogen and oxygen atoms in total. The van der Waals surface area contributed by atoms with E-state index in [1.165, 1.54) is 52.4 Å². The molecule has 5 heteroatoms. The highest BCUT2D eigenvalue weighted by Gasteiger charge is 2.15. The molecule has 2 fully saturated rings. The Morgan fingerprint density at radius 1 is 0.692 bits per heavy atom. The first-order chi connectivity index (χ1) is 6.45. The zero-order chi connectivity index (χ0) is 8.93. The molecule has 13 heavy (non-hydrogen) atoms. The van der Waals surface area contributed by atoms with Gasteiger partial charge in [0.15, 0.2) is 0 Å². The molecule has 0 aliphatic carbocycles. The van der Waals surface area contributed by atoms with Gasteiger partial charge in [-0.3, -0.25) is 9.34 Å². The summed E-state index contributed by atoms with van der Waals surface area (Å²) in [6.45, 7) is 9.56. The molecule has 2 rings (SSSR count). The minimum atomic E-state index is 0.917. The van der Waals surface area contributed by atoms with Crippen LogP contribution in [0.4, 0.5) is 0 Å². The van der Waals surface area contributed by atoms with Crippen LogP contribution in [0, 0.1) is 0 Å². The van der Waals surface area contributed by atoms with Crippen LogP contribution in [0.25, 0.3) is 0 Å². The summed E-state index contributed by atoms with van der Waals surface area (Å²) in [6, 6.07) is 0. The smallest absolute Gasteiger partial charge is 0.0242 e. The van der Waals surface area contributed by atoms with E-state index < -0.39 is 0 Å². The van der Waals surface area contributed by atoms with Gasteiger partial charge in [0.1, 0.15) is 0 Å². The van der Waals surface area contributed by atoms with E-state index in [1.807, 2.05) is 0 Å². The molecule has 0 aromatic carbocycles. The van der Waals surface area contributed by atoms with Crippen molar-refractivity contribution in [1.82, 2.24) is 20.0 Å². The van der Waals surface area contributed by atoms with Crippen LogP contribution in [-0.2, 0) is 0 Å². The Bertz CT molecular complexity index is 127. The first-order valence-corrected chi connectivity index (χ1v) is 6.02. The van der Waals surface area contributed by atoms with E-state index in [4.69, 9.17) is 0 Å². The molecule has 0 atom stereocenters. The molecule has 76 valence electrons. The highest BCUT2D eigenvalue weighted by molar-refractivity contribution is 7.32. The number of hydrogen-bond donors (Lipinski definition) is 2. The lowest BCUT2D eigenvalue weighted by atomic mass is 10.4. The van der Waals surface area contributed by atoms with E-state index in [1.54, 1.807) is 0 Å². The topological polar surface area (TPSA) is 30.5 Å². The van der Waals surface area contributed by atoms with E-state index in [9.17, 15) is 0 Å². The van der Waals surface area contributed by atoms with Gasteiger partial charge in [0.25, 0.3) is 0 Å². The molecular formula is C8H19N4P. The van der Waals surface area contributed by atoms with E-state index in [2.05, 4.69) is 20.0 Å². The number of piperazine rings is 2. The molecule has 0 aromatic heterocycles. The Labute approximate surface area is 81.9 Å². The van der Waals surface area contributed by atoms with Gasteiger partial charge >= 0.3 is 0 Å². The van der Waals surface area contributed by atoms with E-state index in [-0.39, 0.29) is 0 Å². The van der Waals surface area contributed by atoms with Crippen LogP contribution in [0.15, 0.2) is 0 Å². The quantitative estimate of drug-likeness (QED) is 0.580. The molecular weight excluding hydrogens is 183 g/mol. The molecule has 0 spiro atoms. The summed E-state index contributed by atoms with van der Waals surface area (Å²) in [5, 5.41) is 6.77. The van der Waals surface area contributed by atoms with Gasteiger partial charge in [-0.05, 0) is 0 Å². The predicted octanol–water partition coefficient (Wildman–Crippen LogP) is -0.695. The Kier molecular flexibility index (Phi) is 3.94. The maximum absolute atomic E-state index is 3.38. The lowest BCUT2D eigenvalue weighted by Crippen LogP contribution is -2.44. The number of hydrogen-bond acceptors (Lipinski definition) is 4. The Morgan fingerprint density at radius 3 is 1.46 bits per heavy atom. The van der Waals surface area contributed by atoms with Gasteiger partial charge in [-0.15, -0.1) is 0 Å². The van der Waals surface area contributed by atoms with Crippen molar-refractivity contribution in [3.8, 4) is 0 Å². The Morgan fingerprint density at radius 2 is 1.08 bits per heavy atom. The molecule has 2 aliphatic heterocycles. The van der Waals surface area contributed by atoms with Crippen molar-refractivity contribution >= 4 is 8.88 Å². The van der Waals surface area contributed by atoms with E-state index in [0.29, 0.717) is 0 Å². The first kappa shape index (κ1) is 9.81. The molecule has 0 unspecified atom stereocenters. The Balaban J connectivity index is 1.69. The maximum atomic E-state index is 3.38. The molecule has 0 radical (unpaired) electrons. The van der Waals surface area contributed by atoms with Crippen molar-refractivity contribution < 1.29 is 0 Å². The van der Waals surface area contributed by atoms with Crippen LogP contribution in [0.2, 0.25) is 0 Å². The lowest BCUT2D eigenvalue weighted by molar-refractivity contribution is 0.336. The largest absolute Gasteiger partial charge is 0.314 e. The highest BCUT2D eigenvalue weighted by Crippen LogP contribution is 2.23. The molecule has 2 heterocycles. The normalized spacial score (nSPS) is 27.7. The fraction of sp³-hybridized carbons (Fsp3) is 1.00. The third-order valence-corrected chi connectivity index (χ3v) is 3.98. The molecule has 0 amide bonds. The molecule has 2 aliphatic rings. The van der Waals surface area contributed by atoms with Crippen LogP contribution >= 0.6 is 8.88 Å². The van der Waals surface area contributed by atoms with Gasteiger partial charge < -0.3 is 10.6 Å². The summed E-state index contributed by atoms with van der Waals surface area (Å²) in [5.74, 6) is 0. The minimum Gasteiger partial charge on any atom is -0.314 e. The van der Waals surface area contributed by atoms with Gasteiger partial charge in [0.2, 0.25) is 0 Å². The fourth-order valence-electron chi connectivity index (χ4n) is 1.73. The van der Waals surface area contributed by atoms with Crippen LogP contribution in [-0.4, -0.2) is 61.7 Å². The van der Waals surface area contributed by atoms with Gasteiger partial charge in [-0.25, -0.2) is 0 Å². The number of nitrogens with one attached hydrogen (secondary N) is 2. The second-order valence-corrected chi connectivity index (χ2v) is 5.04. The summed E-state index contributed by atoms with van der Waals surface area (Å²) >= 11 is 0. The monoisotopic (exact) mass is 202 g/mol. The van der Waals surface area contributed by atoms with Crippen molar-refractivity contribution in [1.29, 1.82) is 0 Å². The van der Waals surface area contributed by atoms with Crippen LogP contribution < -0.4 is 10.6 Å². The number of rotatable bonds is 2. The van der Waals surface area contributed by atoms with Crippen LogP contribution in [0.3, 0.4) is 0 Å². The fourth-order valence-corrected chi connectivity index (χ4v) is 2.98. The zero-order valence-corrected chi connectivity index (χ0v) is 9.05. The summed E-state index contributed by atoms with van der Waals surface area (Å²) in [4.78, 5) is 0. The van der Waals surface area contributed by atoms with Gasteiger partial charge in [-0.1, -0.05) is 0 Å². The van der Waals surface area contributed by atoms with Crippen LogP contribution in [0.5, 0.6) is 0 Å². The lowest BCUT2D eigenvalue weighted by Gasteiger charge is -2.34. The second kappa shape index (κ2) is 5.23. The summed E-state index contributed by atoms with van der Waals surface area (Å²) in [6.07, 6.45) is 0. The molecule has 0 saturated carbocycles. The average Bonchev–Trinajstić information content (AvgIpc) is 2.21. The number of nitrogens with zero attached hydrogens (tertiary/aromatic N) is 2. The second-order valence-electron chi connectivity index (χ2n) is 3.57. The maximum Gasteiger partial charge on any atom is 0.0242 e. The van der Waals surface area contributed by atoms with Crippen molar-refractivity contribution in [3.63, 3.8) is 0 Å². The molecule has 0 bridgehead atoms. The van der Waals surface area contributed by atoms with E-state index >= 15 is 0 Å².